The number of benzene rings is 2. The Morgan fingerprint density at radius 2 is 1.87 bits per heavy atom. The summed E-state index contributed by atoms with van der Waals surface area (Å²) in [4.78, 5) is 12.2. The van der Waals surface area contributed by atoms with Crippen molar-refractivity contribution in [2.45, 2.75) is 19.9 Å². The first kappa shape index (κ1) is 15.3. The predicted molar refractivity (Wildman–Crippen MR) is 92.4 cm³/mol. The van der Waals surface area contributed by atoms with Gasteiger partial charge >= 0.3 is 0 Å². The molecule has 0 unspecified atom stereocenters. The molecule has 0 aliphatic heterocycles. The molecule has 4 nitrogen and oxygen atoms in total. The molecule has 1 aromatic heterocycles. The number of hydrogen-bond acceptors (Lipinski definition) is 3. The van der Waals surface area contributed by atoms with Crippen molar-refractivity contribution in [2.75, 3.05) is 11.9 Å². The third kappa shape index (κ3) is 3.79. The largest absolute Gasteiger partial charge is 0.464 e. The molecule has 23 heavy (non-hydrogen) atoms. The molecule has 0 saturated heterocycles. The Bertz CT molecular complexity index is 790. The van der Waals surface area contributed by atoms with Gasteiger partial charge in [0.05, 0.1) is 12.7 Å². The van der Waals surface area contributed by atoms with Crippen molar-refractivity contribution in [1.82, 2.24) is 5.32 Å². The number of furan rings is 1. The standard InChI is InChI=1S/C19H20N2O2/c1-2-20-12-14-7-9-16(10-8-14)21-19(22)11-15-13-23-18-6-4-3-5-17(15)18/h3-10,13,20H,2,11-12H2,1H3,(H,21,22). The number of para-hydroxylation sites is 1. The number of fused-ring (bicyclic) bond motifs is 1. The molecule has 2 aromatic carbocycles. The molecule has 0 aliphatic carbocycles. The van der Waals surface area contributed by atoms with Crippen LogP contribution in [0.5, 0.6) is 0 Å². The lowest BCUT2D eigenvalue weighted by atomic mass is 10.1. The molecule has 0 aliphatic rings. The third-order valence-corrected chi connectivity index (χ3v) is 3.73. The molecule has 0 radical (unpaired) electrons. The summed E-state index contributed by atoms with van der Waals surface area (Å²) < 4.78 is 5.47. The van der Waals surface area contributed by atoms with Crippen LogP contribution in [-0.4, -0.2) is 12.5 Å². The van der Waals surface area contributed by atoms with Crippen molar-refractivity contribution >= 4 is 22.6 Å². The Kier molecular flexibility index (Phi) is 4.74. The van der Waals surface area contributed by atoms with E-state index in [1.165, 1.54) is 5.56 Å². The minimum Gasteiger partial charge on any atom is -0.464 e. The average molecular weight is 308 g/mol. The third-order valence-electron chi connectivity index (χ3n) is 3.73. The minimum absolute atomic E-state index is 0.0454. The van der Waals surface area contributed by atoms with Gasteiger partial charge in [0, 0.05) is 23.2 Å². The molecule has 0 atom stereocenters. The number of anilines is 1. The molecule has 0 saturated carbocycles. The molecule has 1 heterocycles. The smallest absolute Gasteiger partial charge is 0.228 e. The van der Waals surface area contributed by atoms with Crippen LogP contribution in [0.15, 0.2) is 59.2 Å². The minimum atomic E-state index is -0.0454. The monoisotopic (exact) mass is 308 g/mol. The van der Waals surface area contributed by atoms with Gasteiger partial charge in [-0.3, -0.25) is 4.79 Å². The number of rotatable bonds is 6. The highest BCUT2D eigenvalue weighted by Gasteiger charge is 2.10. The molecule has 1 amide bonds. The van der Waals surface area contributed by atoms with Crippen LogP contribution in [0.3, 0.4) is 0 Å². The summed E-state index contributed by atoms with van der Waals surface area (Å²) in [6, 6.07) is 15.6. The highest BCUT2D eigenvalue weighted by atomic mass is 16.3. The van der Waals surface area contributed by atoms with E-state index in [0.29, 0.717) is 6.42 Å². The van der Waals surface area contributed by atoms with Crippen LogP contribution in [-0.2, 0) is 17.8 Å². The molecule has 3 aromatic rings. The number of hydrogen-bond donors (Lipinski definition) is 2. The normalized spacial score (nSPS) is 10.8. The maximum absolute atomic E-state index is 12.2. The van der Waals surface area contributed by atoms with Gasteiger partial charge in [0.2, 0.25) is 5.91 Å². The van der Waals surface area contributed by atoms with E-state index in [2.05, 4.69) is 17.6 Å². The van der Waals surface area contributed by atoms with E-state index in [1.54, 1.807) is 6.26 Å². The second-order valence-electron chi connectivity index (χ2n) is 5.46. The number of carbonyl (C=O) groups is 1. The first-order valence-electron chi connectivity index (χ1n) is 7.81. The summed E-state index contributed by atoms with van der Waals surface area (Å²) in [6.07, 6.45) is 1.96. The van der Waals surface area contributed by atoms with E-state index in [0.717, 1.165) is 35.3 Å². The molecular weight excluding hydrogens is 288 g/mol. The zero-order valence-electron chi connectivity index (χ0n) is 13.1. The summed E-state index contributed by atoms with van der Waals surface area (Å²) in [5.74, 6) is -0.0454. The molecule has 2 N–H and O–H groups in total. The average Bonchev–Trinajstić information content (AvgIpc) is 2.97. The number of amides is 1. The predicted octanol–water partition coefficient (Wildman–Crippen LogP) is 3.72. The zero-order valence-corrected chi connectivity index (χ0v) is 13.1. The lowest BCUT2D eigenvalue weighted by Gasteiger charge is -2.06. The van der Waals surface area contributed by atoms with Gasteiger partial charge in [-0.2, -0.15) is 0 Å². The molecule has 0 spiro atoms. The molecule has 3 rings (SSSR count). The van der Waals surface area contributed by atoms with Gasteiger partial charge in [-0.1, -0.05) is 37.3 Å². The Hall–Kier alpha value is -2.59. The van der Waals surface area contributed by atoms with Gasteiger partial charge < -0.3 is 15.1 Å². The van der Waals surface area contributed by atoms with Crippen LogP contribution in [0.1, 0.15) is 18.1 Å². The van der Waals surface area contributed by atoms with Crippen molar-refractivity contribution < 1.29 is 9.21 Å². The molecular formula is C19H20N2O2. The molecule has 0 fully saturated rings. The van der Waals surface area contributed by atoms with E-state index < -0.39 is 0 Å². The van der Waals surface area contributed by atoms with Crippen LogP contribution in [0.25, 0.3) is 11.0 Å². The Morgan fingerprint density at radius 1 is 1.09 bits per heavy atom. The zero-order chi connectivity index (χ0) is 16.1. The summed E-state index contributed by atoms with van der Waals surface area (Å²) in [6.45, 7) is 3.86. The first-order chi connectivity index (χ1) is 11.3. The van der Waals surface area contributed by atoms with Gasteiger partial charge in [0.1, 0.15) is 5.58 Å². The second kappa shape index (κ2) is 7.11. The molecule has 4 heteroatoms. The molecule has 118 valence electrons. The SMILES string of the molecule is CCNCc1ccc(NC(=O)Cc2coc3ccccc23)cc1. The van der Waals surface area contributed by atoms with E-state index >= 15 is 0 Å². The van der Waals surface area contributed by atoms with Crippen LogP contribution in [0.2, 0.25) is 0 Å². The van der Waals surface area contributed by atoms with Gasteiger partial charge in [0.25, 0.3) is 0 Å². The maximum atomic E-state index is 12.2. The highest BCUT2D eigenvalue weighted by Crippen LogP contribution is 2.21. The van der Waals surface area contributed by atoms with Crippen LogP contribution in [0, 0.1) is 0 Å². The lowest BCUT2D eigenvalue weighted by molar-refractivity contribution is -0.115. The van der Waals surface area contributed by atoms with Crippen molar-refractivity contribution in [3.8, 4) is 0 Å². The van der Waals surface area contributed by atoms with E-state index in [1.807, 2.05) is 48.5 Å². The number of carbonyl (C=O) groups excluding carboxylic acids is 1. The second-order valence-corrected chi connectivity index (χ2v) is 5.46. The number of nitrogens with one attached hydrogen (secondary N) is 2. The van der Waals surface area contributed by atoms with Gasteiger partial charge in [-0.05, 0) is 30.3 Å². The van der Waals surface area contributed by atoms with Gasteiger partial charge in [-0.25, -0.2) is 0 Å². The van der Waals surface area contributed by atoms with Gasteiger partial charge in [0.15, 0.2) is 0 Å². The quantitative estimate of drug-likeness (QED) is 0.729. The Labute approximate surface area is 135 Å². The summed E-state index contributed by atoms with van der Waals surface area (Å²) in [5.41, 5.74) is 3.72. The van der Waals surface area contributed by atoms with E-state index in [9.17, 15) is 4.79 Å². The fourth-order valence-corrected chi connectivity index (χ4v) is 2.52. The van der Waals surface area contributed by atoms with Crippen LogP contribution in [0.4, 0.5) is 5.69 Å². The van der Waals surface area contributed by atoms with E-state index in [4.69, 9.17) is 4.42 Å². The van der Waals surface area contributed by atoms with Crippen molar-refractivity contribution in [2.24, 2.45) is 0 Å². The maximum Gasteiger partial charge on any atom is 0.228 e. The van der Waals surface area contributed by atoms with Crippen molar-refractivity contribution in [3.05, 3.63) is 65.9 Å². The summed E-state index contributed by atoms with van der Waals surface area (Å²) >= 11 is 0. The Morgan fingerprint density at radius 3 is 2.65 bits per heavy atom. The van der Waals surface area contributed by atoms with Crippen molar-refractivity contribution in [3.63, 3.8) is 0 Å². The summed E-state index contributed by atoms with van der Waals surface area (Å²) in [5, 5.41) is 7.19. The van der Waals surface area contributed by atoms with Crippen LogP contribution < -0.4 is 10.6 Å². The van der Waals surface area contributed by atoms with Crippen molar-refractivity contribution in [1.29, 1.82) is 0 Å². The van der Waals surface area contributed by atoms with E-state index in [-0.39, 0.29) is 5.91 Å². The first-order valence-corrected chi connectivity index (χ1v) is 7.81. The fraction of sp³-hybridized carbons (Fsp3) is 0.211. The fourth-order valence-electron chi connectivity index (χ4n) is 2.52. The summed E-state index contributed by atoms with van der Waals surface area (Å²) in [7, 11) is 0. The highest BCUT2D eigenvalue weighted by molar-refractivity contribution is 5.95. The lowest BCUT2D eigenvalue weighted by Crippen LogP contribution is -2.14. The van der Waals surface area contributed by atoms with Gasteiger partial charge in [-0.15, -0.1) is 0 Å². The Balaban J connectivity index is 1.63. The topological polar surface area (TPSA) is 54.3 Å². The van der Waals surface area contributed by atoms with Crippen LogP contribution >= 0.6 is 0 Å². The molecule has 0 bridgehead atoms.